The molecule has 1 amide bonds. The van der Waals surface area contributed by atoms with Gasteiger partial charge in [0, 0.05) is 20.2 Å². The number of aliphatic hydroxyl groups excluding tert-OH is 1. The van der Waals surface area contributed by atoms with Crippen molar-refractivity contribution in [2.45, 2.75) is 55.4 Å². The van der Waals surface area contributed by atoms with Crippen LogP contribution in [0.25, 0.3) is 0 Å². The van der Waals surface area contributed by atoms with Crippen molar-refractivity contribution in [3.05, 3.63) is 29.8 Å². The number of carbonyl (C=O) groups excluding carboxylic acids is 1. The minimum Gasteiger partial charge on any atom is -0.389 e. The van der Waals surface area contributed by atoms with Gasteiger partial charge in [-0.2, -0.15) is 4.31 Å². The predicted octanol–water partition coefficient (Wildman–Crippen LogP) is 0.446. The molecule has 0 bridgehead atoms. The van der Waals surface area contributed by atoms with Crippen molar-refractivity contribution in [2.75, 3.05) is 40.0 Å². The fourth-order valence-corrected chi connectivity index (χ4v) is 6.06. The van der Waals surface area contributed by atoms with Crippen LogP contribution in [0.5, 0.6) is 0 Å². The lowest BCUT2D eigenvalue weighted by molar-refractivity contribution is -0.146. The van der Waals surface area contributed by atoms with Crippen LogP contribution in [0, 0.1) is 6.92 Å². The molecule has 0 aliphatic carbocycles. The maximum Gasteiger partial charge on any atom is 0.243 e. The van der Waals surface area contributed by atoms with Gasteiger partial charge in [-0.25, -0.2) is 8.42 Å². The van der Waals surface area contributed by atoms with E-state index < -0.39 is 28.3 Å². The van der Waals surface area contributed by atoms with E-state index in [9.17, 15) is 18.3 Å². The molecule has 3 rings (SSSR count). The Morgan fingerprint density at radius 3 is 2.81 bits per heavy atom. The second-order valence-corrected chi connectivity index (χ2v) is 9.88. The fourth-order valence-electron chi connectivity index (χ4n) is 4.11. The van der Waals surface area contributed by atoms with Gasteiger partial charge in [0.15, 0.2) is 0 Å². The average Bonchev–Trinajstić information content (AvgIpc) is 2.71. The van der Waals surface area contributed by atoms with Crippen molar-refractivity contribution < 1.29 is 32.5 Å². The first kappa shape index (κ1) is 24.1. The van der Waals surface area contributed by atoms with Gasteiger partial charge in [-0.05, 0) is 31.4 Å². The Hall–Kier alpha value is -1.56. The van der Waals surface area contributed by atoms with Gasteiger partial charge in [0.2, 0.25) is 15.9 Å². The highest BCUT2D eigenvalue weighted by Crippen LogP contribution is 2.32. The largest absolute Gasteiger partial charge is 0.389 e. The number of nitrogens with zero attached hydrogens (tertiary/aromatic N) is 1. The topological polar surface area (TPSA) is 114 Å². The summed E-state index contributed by atoms with van der Waals surface area (Å²) in [5.41, 5.74) is 0.647. The molecule has 1 aromatic carbocycles. The minimum atomic E-state index is -3.85. The molecular weight excluding hydrogens is 424 g/mol. The Balaban J connectivity index is 1.76. The molecule has 4 atom stereocenters. The van der Waals surface area contributed by atoms with Crippen LogP contribution in [-0.2, 0) is 29.0 Å². The van der Waals surface area contributed by atoms with Crippen molar-refractivity contribution in [2.24, 2.45) is 0 Å². The molecule has 2 aliphatic heterocycles. The molecule has 2 N–H and O–H groups in total. The van der Waals surface area contributed by atoms with Gasteiger partial charge < -0.3 is 24.6 Å². The van der Waals surface area contributed by atoms with Gasteiger partial charge in [-0.3, -0.25) is 4.79 Å². The Morgan fingerprint density at radius 2 is 2.06 bits per heavy atom. The summed E-state index contributed by atoms with van der Waals surface area (Å²) in [6, 6.07) is 6.34. The number of amides is 1. The van der Waals surface area contributed by atoms with Crippen LogP contribution in [0.15, 0.2) is 29.2 Å². The molecule has 174 valence electrons. The summed E-state index contributed by atoms with van der Waals surface area (Å²) in [5, 5.41) is 13.1. The summed E-state index contributed by atoms with van der Waals surface area (Å²) in [6.45, 7) is 2.73. The molecule has 2 saturated heterocycles. The predicted molar refractivity (Wildman–Crippen MR) is 113 cm³/mol. The molecular formula is C21H32N2O7S. The molecule has 0 aromatic heterocycles. The van der Waals surface area contributed by atoms with Gasteiger partial charge >= 0.3 is 0 Å². The lowest BCUT2D eigenvalue weighted by Gasteiger charge is -2.43. The van der Waals surface area contributed by atoms with E-state index in [1.165, 1.54) is 4.31 Å². The molecule has 1 aromatic rings. The van der Waals surface area contributed by atoms with Crippen molar-refractivity contribution in [1.29, 1.82) is 0 Å². The van der Waals surface area contributed by atoms with E-state index in [1.807, 2.05) is 0 Å². The second-order valence-electron chi connectivity index (χ2n) is 8.02. The van der Waals surface area contributed by atoms with Crippen LogP contribution in [0.2, 0.25) is 0 Å². The fraction of sp³-hybridized carbons (Fsp3) is 0.667. The number of ether oxygens (including phenoxy) is 3. The highest BCUT2D eigenvalue weighted by Gasteiger charge is 2.43. The summed E-state index contributed by atoms with van der Waals surface area (Å²) in [4.78, 5) is 12.4. The molecule has 2 fully saturated rings. The van der Waals surface area contributed by atoms with Crippen LogP contribution in [-0.4, -0.2) is 88.1 Å². The van der Waals surface area contributed by atoms with E-state index in [1.54, 1.807) is 38.3 Å². The first-order valence-electron chi connectivity index (χ1n) is 10.6. The number of nitrogens with one attached hydrogen (secondary N) is 1. The maximum atomic E-state index is 13.5. The zero-order valence-electron chi connectivity index (χ0n) is 18.0. The van der Waals surface area contributed by atoms with E-state index in [0.29, 0.717) is 31.6 Å². The Labute approximate surface area is 183 Å². The summed E-state index contributed by atoms with van der Waals surface area (Å²) >= 11 is 0. The van der Waals surface area contributed by atoms with E-state index in [0.717, 1.165) is 0 Å². The van der Waals surface area contributed by atoms with Crippen molar-refractivity contribution in [3.8, 4) is 0 Å². The van der Waals surface area contributed by atoms with Gasteiger partial charge in [-0.15, -0.1) is 0 Å². The third-order valence-corrected chi connectivity index (χ3v) is 7.71. The van der Waals surface area contributed by atoms with E-state index in [2.05, 4.69) is 5.32 Å². The first-order valence-corrected chi connectivity index (χ1v) is 12.0. The molecule has 2 heterocycles. The highest BCUT2D eigenvalue weighted by atomic mass is 32.2. The Morgan fingerprint density at radius 1 is 1.29 bits per heavy atom. The van der Waals surface area contributed by atoms with Crippen molar-refractivity contribution >= 4 is 15.9 Å². The van der Waals surface area contributed by atoms with Crippen LogP contribution in [0.4, 0.5) is 0 Å². The molecule has 0 spiro atoms. The molecule has 2 aliphatic rings. The molecule has 0 radical (unpaired) electrons. The summed E-state index contributed by atoms with van der Waals surface area (Å²) in [7, 11) is -2.28. The third kappa shape index (κ3) is 6.03. The number of sulfonamides is 1. The molecule has 10 heteroatoms. The lowest BCUT2D eigenvalue weighted by atomic mass is 9.96. The summed E-state index contributed by atoms with van der Waals surface area (Å²) < 4.78 is 45.0. The van der Waals surface area contributed by atoms with Crippen LogP contribution >= 0.6 is 0 Å². The van der Waals surface area contributed by atoms with E-state index in [4.69, 9.17) is 14.2 Å². The number of rotatable bonds is 7. The SMILES string of the molecule is COCCNC(=O)C[C@H]1CC[C@@H]2[C@H](COC[C@@H](O)CN2S(=O)(=O)c2ccccc2C)O1. The van der Waals surface area contributed by atoms with E-state index in [-0.39, 0.29) is 43.1 Å². The first-order chi connectivity index (χ1) is 14.8. The number of hydrogen-bond donors (Lipinski definition) is 2. The van der Waals surface area contributed by atoms with Crippen LogP contribution in [0.3, 0.4) is 0 Å². The lowest BCUT2D eigenvalue weighted by Crippen LogP contribution is -2.57. The summed E-state index contributed by atoms with van der Waals surface area (Å²) in [5.74, 6) is -0.132. The van der Waals surface area contributed by atoms with Gasteiger partial charge in [0.25, 0.3) is 0 Å². The monoisotopic (exact) mass is 456 g/mol. The second kappa shape index (κ2) is 10.8. The number of β-amino-alcohol motifs (C(OH)–C–C–N with tert-alkyl or cyclic N) is 1. The zero-order chi connectivity index (χ0) is 22.4. The number of carbonyl (C=O) groups is 1. The number of benzene rings is 1. The molecule has 0 unspecified atom stereocenters. The summed E-state index contributed by atoms with van der Waals surface area (Å²) in [6.07, 6.45) is -0.517. The van der Waals surface area contributed by atoms with Crippen molar-refractivity contribution in [3.63, 3.8) is 0 Å². The highest BCUT2D eigenvalue weighted by molar-refractivity contribution is 7.89. The van der Waals surface area contributed by atoms with Gasteiger partial charge in [-0.1, -0.05) is 18.2 Å². The molecule has 0 saturated carbocycles. The molecule has 9 nitrogen and oxygen atoms in total. The minimum absolute atomic E-state index is 0.0224. The van der Waals surface area contributed by atoms with E-state index >= 15 is 0 Å². The molecule has 31 heavy (non-hydrogen) atoms. The van der Waals surface area contributed by atoms with Gasteiger partial charge in [0.05, 0.1) is 55.5 Å². The third-order valence-electron chi connectivity index (χ3n) is 5.66. The quantitative estimate of drug-likeness (QED) is 0.573. The number of hydrogen-bond acceptors (Lipinski definition) is 7. The van der Waals surface area contributed by atoms with Gasteiger partial charge in [0.1, 0.15) is 0 Å². The van der Waals surface area contributed by atoms with Crippen LogP contribution < -0.4 is 5.32 Å². The zero-order valence-corrected chi connectivity index (χ0v) is 18.8. The van der Waals surface area contributed by atoms with Crippen molar-refractivity contribution in [1.82, 2.24) is 9.62 Å². The normalized spacial score (nSPS) is 27.7. The average molecular weight is 457 g/mol. The smallest absolute Gasteiger partial charge is 0.243 e. The standard InChI is InChI=1S/C21H32N2O7S/c1-15-5-3-4-6-20(15)31(26,27)23-12-16(24)13-29-14-19-18(23)8-7-17(30-19)11-21(25)22-9-10-28-2/h3-6,16-19,24H,7-14H2,1-2H3,(H,22,25)/t16-,17+,18+,19-/m0/s1. The number of aliphatic hydroxyl groups is 1. The Bertz CT molecular complexity index is 848. The Kier molecular flexibility index (Phi) is 8.43. The van der Waals surface area contributed by atoms with Crippen LogP contribution in [0.1, 0.15) is 24.8 Å². The number of fused-ring (bicyclic) bond motifs is 1. The maximum absolute atomic E-state index is 13.5. The number of aryl methyl sites for hydroxylation is 1. The number of methoxy groups -OCH3 is 1.